The van der Waals surface area contributed by atoms with Gasteiger partial charge in [-0.3, -0.25) is 14.6 Å². The standard InChI is InChI=1S/C19H20F3N5O/c1-10(13-6-5-7-14(8-13)19(20,21)22)23-18(28)16-9-15(24-25-16)17-11(2)26-27(4)12(17)3/h5-10H,1-4H3,(H,23,28)(H,24,25). The highest BCUT2D eigenvalue weighted by molar-refractivity contribution is 5.93. The van der Waals surface area contributed by atoms with Crippen LogP contribution >= 0.6 is 0 Å². The molecule has 0 spiro atoms. The van der Waals surface area contributed by atoms with E-state index in [1.807, 2.05) is 20.9 Å². The van der Waals surface area contributed by atoms with Crippen molar-refractivity contribution in [1.82, 2.24) is 25.3 Å². The van der Waals surface area contributed by atoms with Crippen LogP contribution in [0.2, 0.25) is 0 Å². The van der Waals surface area contributed by atoms with Crippen LogP contribution < -0.4 is 5.32 Å². The van der Waals surface area contributed by atoms with Crippen molar-refractivity contribution in [3.8, 4) is 11.3 Å². The minimum absolute atomic E-state index is 0.219. The zero-order valence-electron chi connectivity index (χ0n) is 15.8. The Balaban J connectivity index is 1.78. The summed E-state index contributed by atoms with van der Waals surface area (Å²) < 4.78 is 40.4. The van der Waals surface area contributed by atoms with E-state index in [1.54, 1.807) is 23.7 Å². The predicted molar refractivity (Wildman–Crippen MR) is 97.6 cm³/mol. The van der Waals surface area contributed by atoms with Gasteiger partial charge in [0.05, 0.1) is 23.0 Å². The molecule has 2 aromatic heterocycles. The smallest absolute Gasteiger partial charge is 0.344 e. The third-order valence-electron chi connectivity index (χ3n) is 4.65. The van der Waals surface area contributed by atoms with Crippen LogP contribution in [0, 0.1) is 13.8 Å². The number of halogens is 3. The van der Waals surface area contributed by atoms with E-state index in [4.69, 9.17) is 0 Å². The first kappa shape index (κ1) is 19.7. The highest BCUT2D eigenvalue weighted by Crippen LogP contribution is 2.31. The lowest BCUT2D eigenvalue weighted by atomic mass is 10.0. The molecule has 1 amide bonds. The molecule has 6 nitrogen and oxygen atoms in total. The Morgan fingerprint density at radius 2 is 1.96 bits per heavy atom. The fourth-order valence-electron chi connectivity index (χ4n) is 3.05. The molecule has 0 aliphatic carbocycles. The lowest BCUT2D eigenvalue weighted by Gasteiger charge is -2.15. The fraction of sp³-hybridized carbons (Fsp3) is 0.316. The molecule has 0 aliphatic rings. The molecule has 1 aromatic carbocycles. The van der Waals surface area contributed by atoms with E-state index in [1.165, 1.54) is 6.07 Å². The molecular formula is C19H20F3N5O. The maximum atomic E-state index is 12.9. The summed E-state index contributed by atoms with van der Waals surface area (Å²) in [6, 6.07) is 5.89. The van der Waals surface area contributed by atoms with Gasteiger partial charge in [-0.15, -0.1) is 0 Å². The number of nitrogens with one attached hydrogen (secondary N) is 2. The van der Waals surface area contributed by atoms with Crippen molar-refractivity contribution in [2.24, 2.45) is 7.05 Å². The number of hydrogen-bond acceptors (Lipinski definition) is 3. The summed E-state index contributed by atoms with van der Waals surface area (Å²) in [7, 11) is 1.82. The maximum Gasteiger partial charge on any atom is 0.416 e. The molecule has 3 rings (SSSR count). The largest absolute Gasteiger partial charge is 0.416 e. The average Bonchev–Trinajstić information content (AvgIpc) is 3.19. The van der Waals surface area contributed by atoms with Crippen LogP contribution in [0.5, 0.6) is 0 Å². The molecule has 9 heteroatoms. The number of nitrogens with zero attached hydrogens (tertiary/aromatic N) is 3. The number of aryl methyl sites for hydroxylation is 2. The van der Waals surface area contributed by atoms with Crippen LogP contribution in [0.4, 0.5) is 13.2 Å². The lowest BCUT2D eigenvalue weighted by molar-refractivity contribution is -0.137. The Morgan fingerprint density at radius 3 is 2.57 bits per heavy atom. The number of carbonyl (C=O) groups excluding carboxylic acids is 1. The molecule has 1 unspecified atom stereocenters. The van der Waals surface area contributed by atoms with Gasteiger partial charge in [-0.05, 0) is 44.5 Å². The summed E-state index contributed by atoms with van der Waals surface area (Å²) in [6.07, 6.45) is -4.43. The summed E-state index contributed by atoms with van der Waals surface area (Å²) in [5.41, 5.74) is 2.95. The van der Waals surface area contributed by atoms with Gasteiger partial charge in [0, 0.05) is 18.3 Å². The Hall–Kier alpha value is -3.10. The number of rotatable bonds is 4. The molecule has 0 fully saturated rings. The first-order valence-electron chi connectivity index (χ1n) is 8.62. The summed E-state index contributed by atoms with van der Waals surface area (Å²) in [6.45, 7) is 5.38. The summed E-state index contributed by atoms with van der Waals surface area (Å²) in [4.78, 5) is 12.5. The van der Waals surface area contributed by atoms with Crippen molar-refractivity contribution >= 4 is 5.91 Å². The van der Waals surface area contributed by atoms with Gasteiger partial charge in [-0.2, -0.15) is 23.4 Å². The molecule has 2 N–H and O–H groups in total. The van der Waals surface area contributed by atoms with Gasteiger partial charge in [-0.25, -0.2) is 0 Å². The maximum absolute atomic E-state index is 12.9. The van der Waals surface area contributed by atoms with Crippen molar-refractivity contribution < 1.29 is 18.0 Å². The quantitative estimate of drug-likeness (QED) is 0.707. The molecule has 2 heterocycles. The van der Waals surface area contributed by atoms with E-state index >= 15 is 0 Å². The second-order valence-corrected chi connectivity index (χ2v) is 6.65. The number of aromatic amines is 1. The number of carbonyl (C=O) groups is 1. The van der Waals surface area contributed by atoms with Crippen LogP contribution in [-0.2, 0) is 13.2 Å². The Labute approximate surface area is 159 Å². The highest BCUT2D eigenvalue weighted by atomic mass is 19.4. The lowest BCUT2D eigenvalue weighted by Crippen LogP contribution is -2.27. The van der Waals surface area contributed by atoms with Crippen LogP contribution in [0.15, 0.2) is 30.3 Å². The van der Waals surface area contributed by atoms with E-state index in [9.17, 15) is 18.0 Å². The number of H-pyrrole nitrogens is 1. The predicted octanol–water partition coefficient (Wildman–Crippen LogP) is 3.94. The van der Waals surface area contributed by atoms with Gasteiger partial charge in [0.2, 0.25) is 0 Å². The minimum atomic E-state index is -4.43. The van der Waals surface area contributed by atoms with E-state index in [0.29, 0.717) is 11.3 Å². The first-order valence-corrected chi connectivity index (χ1v) is 8.62. The van der Waals surface area contributed by atoms with Gasteiger partial charge >= 0.3 is 6.18 Å². The molecule has 28 heavy (non-hydrogen) atoms. The first-order chi connectivity index (χ1) is 13.1. The minimum Gasteiger partial charge on any atom is -0.344 e. The zero-order chi connectivity index (χ0) is 20.6. The van der Waals surface area contributed by atoms with E-state index in [-0.39, 0.29) is 5.69 Å². The summed E-state index contributed by atoms with van der Waals surface area (Å²) >= 11 is 0. The van der Waals surface area contributed by atoms with Gasteiger partial charge in [0.25, 0.3) is 5.91 Å². The van der Waals surface area contributed by atoms with Gasteiger partial charge in [0.15, 0.2) is 0 Å². The van der Waals surface area contributed by atoms with Crippen molar-refractivity contribution in [1.29, 1.82) is 0 Å². The van der Waals surface area contributed by atoms with Crippen molar-refractivity contribution in [2.45, 2.75) is 33.0 Å². The van der Waals surface area contributed by atoms with Crippen molar-refractivity contribution in [2.75, 3.05) is 0 Å². The van der Waals surface area contributed by atoms with E-state index in [0.717, 1.165) is 29.1 Å². The number of aromatic nitrogens is 4. The number of amides is 1. The highest BCUT2D eigenvalue weighted by Gasteiger charge is 2.30. The third-order valence-corrected chi connectivity index (χ3v) is 4.65. The molecule has 3 aromatic rings. The van der Waals surface area contributed by atoms with Crippen LogP contribution in [0.1, 0.15) is 46.0 Å². The zero-order valence-corrected chi connectivity index (χ0v) is 15.8. The van der Waals surface area contributed by atoms with Gasteiger partial charge in [-0.1, -0.05) is 12.1 Å². The van der Waals surface area contributed by atoms with Crippen LogP contribution in [0.25, 0.3) is 11.3 Å². The van der Waals surface area contributed by atoms with Gasteiger partial charge < -0.3 is 5.32 Å². The molecule has 0 bridgehead atoms. The molecule has 1 atom stereocenters. The van der Waals surface area contributed by atoms with E-state index in [2.05, 4.69) is 20.6 Å². The van der Waals surface area contributed by atoms with Crippen LogP contribution in [-0.4, -0.2) is 25.9 Å². The molecule has 148 valence electrons. The topological polar surface area (TPSA) is 75.6 Å². The van der Waals surface area contributed by atoms with Crippen LogP contribution in [0.3, 0.4) is 0 Å². The molecule has 0 saturated heterocycles. The second-order valence-electron chi connectivity index (χ2n) is 6.65. The second kappa shape index (κ2) is 7.14. The van der Waals surface area contributed by atoms with Gasteiger partial charge in [0.1, 0.15) is 5.69 Å². The monoisotopic (exact) mass is 391 g/mol. The van der Waals surface area contributed by atoms with Crippen molar-refractivity contribution in [3.05, 3.63) is 58.5 Å². The molecule has 0 aliphatic heterocycles. The number of alkyl halides is 3. The normalized spacial score (nSPS) is 12.8. The SMILES string of the molecule is Cc1nn(C)c(C)c1-c1cc(C(=O)NC(C)c2cccc(C(F)(F)F)c2)[nH]n1. The summed E-state index contributed by atoms with van der Waals surface area (Å²) in [5.74, 6) is -0.456. The molecule has 0 radical (unpaired) electrons. The third kappa shape index (κ3) is 3.78. The molecular weight excluding hydrogens is 371 g/mol. The van der Waals surface area contributed by atoms with E-state index < -0.39 is 23.7 Å². The Bertz CT molecular complexity index is 1020. The Kier molecular flexibility index (Phi) is 5.01. The number of hydrogen-bond donors (Lipinski definition) is 2. The van der Waals surface area contributed by atoms with Crippen molar-refractivity contribution in [3.63, 3.8) is 0 Å². The number of benzene rings is 1. The average molecular weight is 391 g/mol. The summed E-state index contributed by atoms with van der Waals surface area (Å²) in [5, 5.41) is 13.9. The molecule has 0 saturated carbocycles. The fourth-order valence-corrected chi connectivity index (χ4v) is 3.05. The Morgan fingerprint density at radius 1 is 1.25 bits per heavy atom.